The summed E-state index contributed by atoms with van der Waals surface area (Å²) in [6, 6.07) is -1.44. The average molecular weight is 2110 g/mol. The molecule has 8 aliphatic heterocycles. The number of aliphatic hydroxyl groups excluding tert-OH is 23. The molecule has 0 radical (unpaired) electrons. The zero-order chi connectivity index (χ0) is 108. The molecule has 8 saturated heterocycles. The van der Waals surface area contributed by atoms with E-state index in [4.69, 9.17) is 90.2 Å². The van der Waals surface area contributed by atoms with Gasteiger partial charge in [-0.05, 0) is 132 Å². The van der Waals surface area contributed by atoms with Crippen molar-refractivity contribution in [3.8, 4) is 0 Å². The van der Waals surface area contributed by atoms with Gasteiger partial charge < -0.3 is 213 Å². The number of aliphatic hydroxyl groups is 24. The van der Waals surface area contributed by atoms with Gasteiger partial charge in [0, 0.05) is 30.3 Å². The number of amides is 1. The molecule has 147 heavy (non-hydrogen) atoms. The lowest BCUT2D eigenvalue weighted by Gasteiger charge is -2.72. The fourth-order valence-corrected chi connectivity index (χ4v) is 24.9. The molecule has 1 amide bonds. The number of hydrogen-bond acceptors (Lipinski definition) is 47. The topological polar surface area (TPSA) is 744 Å². The van der Waals surface area contributed by atoms with Gasteiger partial charge in [0.1, 0.15) is 176 Å². The molecular weight excluding hydrogens is 1960 g/mol. The first-order valence-electron chi connectivity index (χ1n) is 50.4. The molecule has 4 saturated carbocycles. The summed E-state index contributed by atoms with van der Waals surface area (Å²) in [5, 5.41) is 284. The first-order valence-corrected chi connectivity index (χ1v) is 50.4. The van der Waals surface area contributed by atoms with Crippen molar-refractivity contribution < 1.29 is 232 Å². The third kappa shape index (κ3) is 23.3. The Kier molecular flexibility index (Phi) is 38.2. The Hall–Kier alpha value is -4.99. The molecule has 0 aromatic heterocycles. The lowest BCUT2D eigenvalue weighted by Crippen LogP contribution is -2.71. The molecule has 26 N–H and O–H groups in total. The highest BCUT2D eigenvalue weighted by molar-refractivity contribution is 5.89. The van der Waals surface area contributed by atoms with E-state index in [0.717, 1.165) is 0 Å². The van der Waals surface area contributed by atoms with Gasteiger partial charge in [0.15, 0.2) is 56.2 Å². The van der Waals surface area contributed by atoms with Crippen LogP contribution in [0.15, 0.2) is 72.6 Å². The van der Waals surface area contributed by atoms with Crippen LogP contribution in [0, 0.1) is 50.2 Å². The predicted molar refractivity (Wildman–Crippen MR) is 497 cm³/mol. The first-order chi connectivity index (χ1) is 68.9. The minimum absolute atomic E-state index is 0.0417. The van der Waals surface area contributed by atoms with Gasteiger partial charge in [-0.2, -0.15) is 0 Å². The van der Waals surface area contributed by atoms with Gasteiger partial charge in [0.25, 0.3) is 0 Å². The molecule has 48 heteroatoms. The molecule has 18 unspecified atom stereocenters. The molecule has 48 nitrogen and oxygen atoms in total. The zero-order valence-corrected chi connectivity index (χ0v) is 84.9. The Morgan fingerprint density at radius 3 is 1.63 bits per heavy atom. The minimum atomic E-state index is -2.39. The molecule has 12 fully saturated rings. The van der Waals surface area contributed by atoms with Crippen LogP contribution in [-0.2, 0) is 105 Å². The lowest BCUT2D eigenvalue weighted by molar-refractivity contribution is -0.390. The van der Waals surface area contributed by atoms with Gasteiger partial charge in [-0.1, -0.05) is 91.0 Å². The van der Waals surface area contributed by atoms with Gasteiger partial charge in [-0.15, -0.1) is 13.2 Å². The van der Waals surface area contributed by atoms with E-state index in [0.29, 0.717) is 24.8 Å². The number of carbonyl (C=O) groups is 3. The molecule has 13 aliphatic rings. The molecule has 840 valence electrons. The highest BCUT2D eigenvalue weighted by atomic mass is 17.1. The Balaban J connectivity index is 0.802. The third-order valence-electron chi connectivity index (χ3n) is 34.1. The number of allylic oxidation sites excluding steroid dienone is 3. The van der Waals surface area contributed by atoms with Crippen LogP contribution in [0.3, 0.4) is 0 Å². The van der Waals surface area contributed by atoms with E-state index in [2.05, 4.69) is 32.0 Å². The average Bonchev–Trinajstić information content (AvgIpc) is 0.701. The van der Waals surface area contributed by atoms with Crippen molar-refractivity contribution >= 4 is 17.8 Å². The van der Waals surface area contributed by atoms with Crippen LogP contribution >= 0.6 is 0 Å². The normalized spacial score (nSPS) is 47.7. The van der Waals surface area contributed by atoms with Crippen molar-refractivity contribution in [1.29, 1.82) is 0 Å². The van der Waals surface area contributed by atoms with Crippen LogP contribution in [0.2, 0.25) is 0 Å². The smallest absolute Gasteiger partial charge is 0.336 e. The van der Waals surface area contributed by atoms with Gasteiger partial charge >= 0.3 is 11.9 Å². The molecule has 51 atom stereocenters. The van der Waals surface area contributed by atoms with Gasteiger partial charge in [-0.3, -0.25) is 14.8 Å². The second-order valence-corrected chi connectivity index (χ2v) is 44.5. The maximum Gasteiger partial charge on any atom is 0.336 e. The van der Waals surface area contributed by atoms with Crippen LogP contribution in [0.25, 0.3) is 0 Å². The molecule has 0 bridgehead atoms. The largest absolute Gasteiger partial charge is 0.485 e. The predicted octanol–water partition coefficient (Wildman–Crippen LogP) is -5.46. The lowest BCUT2D eigenvalue weighted by atomic mass is 9.32. The molecule has 13 rings (SSSR count). The summed E-state index contributed by atoms with van der Waals surface area (Å²) in [5.74, 6) is -5.53. The number of esters is 2. The van der Waals surface area contributed by atoms with Crippen LogP contribution in [0.5, 0.6) is 0 Å². The summed E-state index contributed by atoms with van der Waals surface area (Å²) in [7, 11) is 0. The highest BCUT2D eigenvalue weighted by Gasteiger charge is 2.76. The van der Waals surface area contributed by atoms with Crippen LogP contribution in [-0.4, -0.2) is 461 Å². The molecule has 8 heterocycles. The number of rotatable bonds is 37. The summed E-state index contributed by atoms with van der Waals surface area (Å²) < 4.78 is 111. The Labute approximate surface area is 850 Å². The number of fused-ring (bicyclic) bond motifs is 7. The van der Waals surface area contributed by atoms with Gasteiger partial charge in [0.05, 0.1) is 93.5 Å². The van der Waals surface area contributed by atoms with E-state index in [1.54, 1.807) is 46.8 Å². The molecule has 0 aromatic carbocycles. The van der Waals surface area contributed by atoms with Crippen molar-refractivity contribution in [2.24, 2.45) is 50.2 Å². The van der Waals surface area contributed by atoms with Gasteiger partial charge in [-0.25, -0.2) is 9.68 Å². The van der Waals surface area contributed by atoms with Crippen molar-refractivity contribution in [3.05, 3.63) is 72.6 Å². The van der Waals surface area contributed by atoms with E-state index < -0.39 is 384 Å². The second kappa shape index (κ2) is 47.2. The van der Waals surface area contributed by atoms with E-state index in [1.807, 2.05) is 27.7 Å². The monoisotopic (exact) mass is 2110 g/mol. The van der Waals surface area contributed by atoms with E-state index >= 15 is 9.59 Å². The molecule has 0 aromatic rings. The SMILES string of the molecule is C=CC(C)(O)CC/C=C(\CO)C(=C)O[C@@H]1C(C)O[C@@H](O[C@](C)(C=C)CC/C=C(\CO)C(=O)O[C@H]2C[C@@]3(C(=O)O[C@@H]4OC(CO)[C@@H](O)[C@H](O)C4O[C@@H]4OC(C)[C@H](O[C@@H]5O[C@@H](CO)[C@H](O)[C@@H]5O)C(O[C@@H]5OC(CO)[C@@H](O)[C@H](O)C5O)[C@@H]4O)C(CC2(C)C)C2=CC(OO)C4[C@@]5(C)CC[C@H](O[C@@H]6OC(CO[C@@H]7OC(C)[C@H](O)[C@H](O)C7O[C@@H]7OC[C@@H](O)[C@H](O)C7O)[C@@H](O)[C@H](O)C6NC(C)=O)C(C)(C)C5CC[C@@]4(C)[C@]2(C)C[C@H]3O)C(O)[C@H]1O. The molecular formula is C99H157NO47. The maximum atomic E-state index is 17.0. The summed E-state index contributed by atoms with van der Waals surface area (Å²) in [6.07, 6.45) is -63.5. The second-order valence-electron chi connectivity index (χ2n) is 44.5. The van der Waals surface area contributed by atoms with E-state index in [1.165, 1.54) is 39.0 Å². The fraction of sp³-hybridized carbons (Fsp3) is 0.848. The van der Waals surface area contributed by atoms with Crippen molar-refractivity contribution in [2.45, 2.75) is 430 Å². The number of ether oxygens (including phenoxy) is 18. The number of hydrogen-bond donors (Lipinski definition) is 26. The summed E-state index contributed by atoms with van der Waals surface area (Å²) in [5.41, 5.74) is -10.1. The Morgan fingerprint density at radius 1 is 0.503 bits per heavy atom. The fourth-order valence-electron chi connectivity index (χ4n) is 24.9. The van der Waals surface area contributed by atoms with Crippen molar-refractivity contribution in [1.82, 2.24) is 5.32 Å². The van der Waals surface area contributed by atoms with Crippen molar-refractivity contribution in [2.75, 3.05) is 46.2 Å². The van der Waals surface area contributed by atoms with Crippen molar-refractivity contribution in [3.63, 3.8) is 0 Å². The number of carbonyl (C=O) groups excluding carboxylic acids is 3. The summed E-state index contributed by atoms with van der Waals surface area (Å²) in [6.45, 7) is 28.0. The molecule has 5 aliphatic carbocycles. The third-order valence-corrected chi connectivity index (χ3v) is 34.1. The van der Waals surface area contributed by atoms with Crippen LogP contribution < -0.4 is 5.32 Å². The Morgan fingerprint density at radius 2 is 1.02 bits per heavy atom. The minimum Gasteiger partial charge on any atom is -0.485 e. The highest BCUT2D eigenvalue weighted by Crippen LogP contribution is 2.77. The maximum absolute atomic E-state index is 17.0. The zero-order valence-electron chi connectivity index (χ0n) is 84.9. The van der Waals surface area contributed by atoms with Gasteiger partial charge in [0.2, 0.25) is 12.2 Å². The van der Waals surface area contributed by atoms with Crippen LogP contribution in [0.4, 0.5) is 0 Å². The number of nitrogens with one attached hydrogen (secondary N) is 1. The summed E-state index contributed by atoms with van der Waals surface area (Å²) in [4.78, 5) is 51.1. The van der Waals surface area contributed by atoms with E-state index in [-0.39, 0.29) is 67.8 Å². The standard InChI is InChI=1S/C99H157NO47/c1-17-94(12,127)25-19-21-45(33-101)40(3)131-76-42(5)134-88(74(123)70(76)119)146-95(13,18-2)26-20-22-46(34-102)82(125)139-58-32-99(91(126)145-90-80(69(118)63(112)52(36-104)137-90)144-87-75(124)78(142-86-73(122)67(116)62(111)51(35-103)135-86)77(43(6)133-87)141-85-72(121)64(113)53(37-105)136-85)48(30-92(58,8)9)47-29-50(147-128)81-96(14)27-24-57(93(10,11)55(96)23-28-97(81,15)98(47,16)31-56(99)108)140-83-59(100-44(7)106)66(115)65(114)54(138-83)39-130-89-79(68(117)60(109)41(4)132-89)143-84-71(120)61(110)49(107)38-129-84/h17-18,21-22,29,41-43,48-81,83-90,101-105,107-124,127-128H,1-3,19-20,23-28,30-39H2,4-16H3,(H,100,106)/b45-21+,46-22+/t41?,42?,43?,48?,49-,50?,51?,52?,53+,54?,55?,56-,57+,58+,59?,60+,61+,62-,63-,64+,65-,66-,67+,68+,69+,70-,71?,72+,73?,74?,75+,76-,77+,78?,79?,80?,81?,83+,84+,85+,86+,87+,88+,89-,90+,94?,95-,96+,97-,98-,99-/m1/s1. The quantitative estimate of drug-likeness (QED) is 0.00403. The summed E-state index contributed by atoms with van der Waals surface area (Å²) >= 11 is 0. The first kappa shape index (κ1) is 119. The Bertz CT molecular complexity index is 4550. The molecule has 0 spiro atoms. The van der Waals surface area contributed by atoms with E-state index in [9.17, 15) is 133 Å². The van der Waals surface area contributed by atoms with Crippen LogP contribution in [0.1, 0.15) is 161 Å².